The molecule has 1 aliphatic rings. The number of hydrogen-bond acceptors (Lipinski definition) is 4. The van der Waals surface area contributed by atoms with Crippen molar-refractivity contribution < 1.29 is 0 Å². The van der Waals surface area contributed by atoms with Gasteiger partial charge in [-0.05, 0) is 62.4 Å². The normalized spacial score (nSPS) is 16.2. The number of nitrogens with one attached hydrogen (secondary N) is 1. The van der Waals surface area contributed by atoms with Crippen LogP contribution in [0.3, 0.4) is 0 Å². The molecule has 154 valence electrons. The first-order valence-corrected chi connectivity index (χ1v) is 10.7. The summed E-state index contributed by atoms with van der Waals surface area (Å²) in [7, 11) is 0. The lowest BCUT2D eigenvalue weighted by molar-refractivity contribution is 0.179. The number of hydrogen-bond donors (Lipinski definition) is 2. The number of rotatable bonds is 6. The molecule has 28 heavy (non-hydrogen) atoms. The Labute approximate surface area is 189 Å². The third kappa shape index (κ3) is 7.00. The third-order valence-electron chi connectivity index (χ3n) is 5.10. The van der Waals surface area contributed by atoms with E-state index >= 15 is 0 Å². The van der Waals surface area contributed by atoms with Crippen LogP contribution < -0.4 is 11.1 Å². The lowest BCUT2D eigenvalue weighted by Gasteiger charge is -2.30. The Bertz CT molecular complexity index is 766. The Morgan fingerprint density at radius 3 is 2.75 bits per heavy atom. The van der Waals surface area contributed by atoms with Crippen LogP contribution in [0, 0.1) is 12.8 Å². The van der Waals surface area contributed by atoms with E-state index in [2.05, 4.69) is 64.5 Å². The van der Waals surface area contributed by atoms with Gasteiger partial charge in [-0.1, -0.05) is 26.0 Å². The molecule has 1 aromatic carbocycles. The van der Waals surface area contributed by atoms with E-state index in [1.54, 1.807) is 11.3 Å². The highest BCUT2D eigenvalue weighted by Gasteiger charge is 2.19. The largest absolute Gasteiger partial charge is 0.370 e. The smallest absolute Gasteiger partial charge is 0.193 e. The lowest BCUT2D eigenvalue weighted by atomic mass is 9.97. The molecule has 7 heteroatoms. The number of likely N-dealkylation sites (tertiary alicyclic amines) is 1. The molecule has 0 unspecified atom stereocenters. The van der Waals surface area contributed by atoms with E-state index in [-0.39, 0.29) is 24.0 Å². The fourth-order valence-electron chi connectivity index (χ4n) is 3.43. The summed E-state index contributed by atoms with van der Waals surface area (Å²) in [6.45, 7) is 10.4. The van der Waals surface area contributed by atoms with Crippen molar-refractivity contribution in [1.29, 1.82) is 0 Å². The van der Waals surface area contributed by atoms with E-state index in [4.69, 9.17) is 5.73 Å². The van der Waals surface area contributed by atoms with Crippen molar-refractivity contribution in [3.63, 3.8) is 0 Å². The zero-order valence-electron chi connectivity index (χ0n) is 17.0. The van der Waals surface area contributed by atoms with Crippen molar-refractivity contribution in [1.82, 2.24) is 9.88 Å². The van der Waals surface area contributed by atoms with E-state index in [1.165, 1.54) is 24.1 Å². The summed E-state index contributed by atoms with van der Waals surface area (Å²) in [4.78, 5) is 11.6. The Kier molecular flexibility index (Phi) is 9.17. The van der Waals surface area contributed by atoms with E-state index < -0.39 is 0 Å². The number of aryl methyl sites for hydroxylation is 1. The molecule has 0 saturated carbocycles. The topological polar surface area (TPSA) is 66.5 Å². The van der Waals surface area contributed by atoms with Crippen LogP contribution in [-0.4, -0.2) is 35.5 Å². The molecule has 3 rings (SSSR count). The first-order chi connectivity index (χ1) is 13.0. The zero-order valence-corrected chi connectivity index (χ0v) is 20.2. The number of guanidine groups is 1. The predicted molar refractivity (Wildman–Crippen MR) is 131 cm³/mol. The predicted octanol–water partition coefficient (Wildman–Crippen LogP) is 4.83. The van der Waals surface area contributed by atoms with Gasteiger partial charge >= 0.3 is 0 Å². The summed E-state index contributed by atoms with van der Waals surface area (Å²) in [5.41, 5.74) is 9.61. The second-order valence-corrected chi connectivity index (χ2v) is 8.77. The number of anilines is 1. The fraction of sp³-hybridized carbons (Fsp3) is 0.524. The molecule has 0 radical (unpaired) electrons. The first kappa shape index (κ1) is 23.1. The Morgan fingerprint density at radius 2 is 2.11 bits per heavy atom. The Balaban J connectivity index is 0.00000280. The van der Waals surface area contributed by atoms with E-state index in [9.17, 15) is 0 Å². The number of benzene rings is 1. The molecule has 5 nitrogen and oxygen atoms in total. The number of aromatic nitrogens is 1. The molecule has 2 heterocycles. The van der Waals surface area contributed by atoms with Crippen LogP contribution in [-0.2, 0) is 6.54 Å². The van der Waals surface area contributed by atoms with Crippen LogP contribution in [0.1, 0.15) is 48.9 Å². The van der Waals surface area contributed by atoms with Crippen LogP contribution in [0.25, 0.3) is 0 Å². The highest BCUT2D eigenvalue weighted by atomic mass is 127. The maximum Gasteiger partial charge on any atom is 0.193 e. The van der Waals surface area contributed by atoms with Gasteiger partial charge in [-0.25, -0.2) is 4.98 Å². The molecule has 0 amide bonds. The summed E-state index contributed by atoms with van der Waals surface area (Å²) >= 11 is 1.73. The summed E-state index contributed by atoms with van der Waals surface area (Å²) in [5, 5.41) is 6.55. The van der Waals surface area contributed by atoms with E-state index in [0.29, 0.717) is 17.8 Å². The average molecular weight is 513 g/mol. The van der Waals surface area contributed by atoms with Crippen molar-refractivity contribution in [2.75, 3.05) is 25.0 Å². The van der Waals surface area contributed by atoms with Crippen LogP contribution in [0.4, 0.5) is 5.69 Å². The summed E-state index contributed by atoms with van der Waals surface area (Å²) in [6, 6.07) is 8.38. The summed E-state index contributed by atoms with van der Waals surface area (Å²) in [5.74, 6) is 1.63. The highest BCUT2D eigenvalue weighted by molar-refractivity contribution is 14.0. The molecule has 2 aromatic rings. The van der Waals surface area contributed by atoms with Gasteiger partial charge in [0.05, 0.1) is 10.7 Å². The second kappa shape index (κ2) is 11.1. The fourth-order valence-corrected chi connectivity index (χ4v) is 4.03. The van der Waals surface area contributed by atoms with Crippen molar-refractivity contribution >= 4 is 47.0 Å². The van der Waals surface area contributed by atoms with Gasteiger partial charge in [0.25, 0.3) is 0 Å². The molecule has 0 bridgehead atoms. The van der Waals surface area contributed by atoms with E-state index in [1.807, 2.05) is 6.07 Å². The van der Waals surface area contributed by atoms with Crippen molar-refractivity contribution in [2.24, 2.45) is 16.6 Å². The summed E-state index contributed by atoms with van der Waals surface area (Å²) in [6.07, 6.45) is 2.34. The van der Waals surface area contributed by atoms with Crippen molar-refractivity contribution in [3.8, 4) is 0 Å². The van der Waals surface area contributed by atoms with E-state index in [0.717, 1.165) is 36.9 Å². The maximum atomic E-state index is 6.10. The molecule has 0 spiro atoms. The number of nitrogens with two attached hydrogens (primary N) is 1. The second-order valence-electron chi connectivity index (χ2n) is 7.71. The highest BCUT2D eigenvalue weighted by Crippen LogP contribution is 2.21. The lowest BCUT2D eigenvalue weighted by Crippen LogP contribution is -2.34. The van der Waals surface area contributed by atoms with Crippen LogP contribution in [0.5, 0.6) is 0 Å². The zero-order chi connectivity index (χ0) is 19.2. The number of piperidine rings is 1. The first-order valence-electron chi connectivity index (χ1n) is 9.80. The maximum absolute atomic E-state index is 6.10. The summed E-state index contributed by atoms with van der Waals surface area (Å²) < 4.78 is 0. The minimum atomic E-state index is 0. The van der Waals surface area contributed by atoms with Gasteiger partial charge < -0.3 is 11.1 Å². The SMILES string of the molecule is Cc1nc(CN2CCC(CN=C(N)Nc3cccc(C(C)C)c3)CC2)cs1.I. The molecule has 0 atom stereocenters. The Morgan fingerprint density at radius 1 is 1.36 bits per heavy atom. The van der Waals surface area contributed by atoms with Gasteiger partial charge in [-0.3, -0.25) is 9.89 Å². The molecule has 1 aliphatic heterocycles. The quantitative estimate of drug-likeness (QED) is 0.330. The van der Waals surface area contributed by atoms with Gasteiger partial charge in [0, 0.05) is 24.2 Å². The minimum absolute atomic E-state index is 0. The molecule has 1 saturated heterocycles. The van der Waals surface area contributed by atoms with Gasteiger partial charge in [-0.2, -0.15) is 0 Å². The number of halogens is 1. The van der Waals surface area contributed by atoms with Gasteiger partial charge in [0.15, 0.2) is 5.96 Å². The van der Waals surface area contributed by atoms with Gasteiger partial charge in [0.1, 0.15) is 0 Å². The minimum Gasteiger partial charge on any atom is -0.370 e. The van der Waals surface area contributed by atoms with Crippen LogP contribution in [0.2, 0.25) is 0 Å². The van der Waals surface area contributed by atoms with Crippen LogP contribution >= 0.6 is 35.3 Å². The molecular formula is C21H32IN5S. The third-order valence-corrected chi connectivity index (χ3v) is 5.93. The monoisotopic (exact) mass is 513 g/mol. The molecule has 3 N–H and O–H groups in total. The number of aliphatic imine (C=N–C) groups is 1. The van der Waals surface area contributed by atoms with Crippen molar-refractivity contribution in [3.05, 3.63) is 45.9 Å². The average Bonchev–Trinajstić information content (AvgIpc) is 3.06. The van der Waals surface area contributed by atoms with Gasteiger partial charge in [0.2, 0.25) is 0 Å². The molecule has 1 fully saturated rings. The van der Waals surface area contributed by atoms with Gasteiger partial charge in [-0.15, -0.1) is 35.3 Å². The van der Waals surface area contributed by atoms with Crippen molar-refractivity contribution in [2.45, 2.75) is 46.1 Å². The molecule has 1 aromatic heterocycles. The Hall–Kier alpha value is -1.19. The number of thiazole rings is 1. The number of nitrogens with zero attached hydrogens (tertiary/aromatic N) is 3. The van der Waals surface area contributed by atoms with Crippen LogP contribution in [0.15, 0.2) is 34.6 Å². The standard InChI is InChI=1S/C21H31N5S.HI/c1-15(2)18-5-4-6-19(11-18)25-21(22)23-12-17-7-9-26(10-8-17)13-20-14-27-16(3)24-20;/h4-6,11,14-15,17H,7-10,12-13H2,1-3H3,(H3,22,23,25);1H. The molecular weight excluding hydrogens is 481 g/mol. The molecule has 0 aliphatic carbocycles.